The van der Waals surface area contributed by atoms with E-state index < -0.39 is 0 Å². The minimum Gasteiger partial charge on any atom is -0.457 e. The highest BCUT2D eigenvalue weighted by Gasteiger charge is 2.13. The Kier molecular flexibility index (Phi) is 2.16. The molecular weight excluding hydrogens is 172 g/mol. The summed E-state index contributed by atoms with van der Waals surface area (Å²) in [7, 11) is 0. The molecule has 0 saturated heterocycles. The first kappa shape index (κ1) is 9.07. The molecule has 1 heterocycles. The maximum Gasteiger partial charge on any atom is 0.134 e. The highest BCUT2D eigenvalue weighted by Crippen LogP contribution is 2.33. The van der Waals surface area contributed by atoms with Crippen LogP contribution in [0.2, 0.25) is 0 Å². The third kappa shape index (κ3) is 1.46. The van der Waals surface area contributed by atoms with Crippen LogP contribution in [0.5, 0.6) is 5.75 Å². The molecule has 0 N–H and O–H groups in total. The van der Waals surface area contributed by atoms with Gasteiger partial charge >= 0.3 is 0 Å². The van der Waals surface area contributed by atoms with E-state index in [9.17, 15) is 0 Å². The fourth-order valence-electron chi connectivity index (χ4n) is 1.68. The van der Waals surface area contributed by atoms with Crippen LogP contribution in [-0.2, 0) is 0 Å². The van der Waals surface area contributed by atoms with Gasteiger partial charge in [0.2, 0.25) is 0 Å². The smallest absolute Gasteiger partial charge is 0.134 e. The zero-order valence-electron chi connectivity index (χ0n) is 8.58. The molecule has 0 bridgehead atoms. The lowest BCUT2D eigenvalue weighted by Crippen LogP contribution is -2.01. The maximum absolute atomic E-state index is 5.54. The van der Waals surface area contributed by atoms with E-state index in [-0.39, 0.29) is 0 Å². The molecule has 0 radical (unpaired) electrons. The summed E-state index contributed by atoms with van der Waals surface area (Å²) in [4.78, 5) is 0. The summed E-state index contributed by atoms with van der Waals surface area (Å²) >= 11 is 0. The van der Waals surface area contributed by atoms with Crippen molar-refractivity contribution in [3.05, 3.63) is 47.7 Å². The number of benzene rings is 1. The molecule has 72 valence electrons. The quantitative estimate of drug-likeness (QED) is 0.649. The largest absolute Gasteiger partial charge is 0.457 e. The summed E-state index contributed by atoms with van der Waals surface area (Å²) in [5.74, 6) is 2.15. The standard InChI is InChI=1S/C13H14O/c1-9(2)11-5-4-6-13-12(11)8-7-10(3)14-13/h4-9H,3H2,1-2H3. The summed E-state index contributed by atoms with van der Waals surface area (Å²) in [5, 5.41) is 0. The molecule has 1 aromatic rings. The first-order valence-corrected chi connectivity index (χ1v) is 4.86. The fourth-order valence-corrected chi connectivity index (χ4v) is 1.68. The van der Waals surface area contributed by atoms with E-state index in [2.05, 4.69) is 32.6 Å². The average molecular weight is 186 g/mol. The SMILES string of the molecule is C=C1C=Cc2c(cccc2C(C)C)O1. The van der Waals surface area contributed by atoms with Crippen molar-refractivity contribution in [1.29, 1.82) is 0 Å². The van der Waals surface area contributed by atoms with Gasteiger partial charge in [-0.05, 0) is 29.7 Å². The van der Waals surface area contributed by atoms with Crippen molar-refractivity contribution in [2.24, 2.45) is 0 Å². The van der Waals surface area contributed by atoms with E-state index in [0.29, 0.717) is 11.7 Å². The van der Waals surface area contributed by atoms with Crippen molar-refractivity contribution in [3.8, 4) is 5.75 Å². The van der Waals surface area contributed by atoms with Crippen LogP contribution in [0, 0.1) is 0 Å². The Morgan fingerprint density at radius 1 is 1.21 bits per heavy atom. The van der Waals surface area contributed by atoms with Crippen LogP contribution in [0.15, 0.2) is 36.6 Å². The van der Waals surface area contributed by atoms with Crippen LogP contribution in [0.3, 0.4) is 0 Å². The molecule has 0 aliphatic carbocycles. The van der Waals surface area contributed by atoms with Crippen LogP contribution >= 0.6 is 0 Å². The Hall–Kier alpha value is -1.50. The zero-order chi connectivity index (χ0) is 10.1. The average Bonchev–Trinajstić information content (AvgIpc) is 2.16. The second-order valence-electron chi connectivity index (χ2n) is 3.82. The number of ether oxygens (including phenoxy) is 1. The Morgan fingerprint density at radius 2 is 2.00 bits per heavy atom. The van der Waals surface area contributed by atoms with Gasteiger partial charge in [-0.1, -0.05) is 32.6 Å². The molecule has 0 atom stereocenters. The van der Waals surface area contributed by atoms with Gasteiger partial charge in [0.1, 0.15) is 11.5 Å². The van der Waals surface area contributed by atoms with Crippen molar-refractivity contribution in [2.45, 2.75) is 19.8 Å². The van der Waals surface area contributed by atoms with E-state index in [0.717, 1.165) is 5.75 Å². The van der Waals surface area contributed by atoms with Crippen LogP contribution in [-0.4, -0.2) is 0 Å². The van der Waals surface area contributed by atoms with Gasteiger partial charge < -0.3 is 4.74 Å². The Labute approximate surface area is 84.7 Å². The first-order valence-electron chi connectivity index (χ1n) is 4.86. The van der Waals surface area contributed by atoms with Gasteiger partial charge in [-0.3, -0.25) is 0 Å². The Balaban J connectivity index is 2.55. The van der Waals surface area contributed by atoms with Gasteiger partial charge in [-0.2, -0.15) is 0 Å². The van der Waals surface area contributed by atoms with Gasteiger partial charge in [-0.15, -0.1) is 0 Å². The van der Waals surface area contributed by atoms with Gasteiger partial charge in [0.05, 0.1) is 0 Å². The molecule has 1 aliphatic rings. The molecule has 1 aliphatic heterocycles. The minimum absolute atomic E-state index is 0.518. The molecule has 0 aromatic heterocycles. The Morgan fingerprint density at radius 3 is 2.71 bits per heavy atom. The fraction of sp³-hybridized carbons (Fsp3) is 0.231. The third-order valence-corrected chi connectivity index (χ3v) is 2.40. The highest BCUT2D eigenvalue weighted by atomic mass is 16.5. The van der Waals surface area contributed by atoms with E-state index in [1.807, 2.05) is 18.2 Å². The summed E-state index contributed by atoms with van der Waals surface area (Å²) in [5.41, 5.74) is 2.51. The lowest BCUT2D eigenvalue weighted by Gasteiger charge is -2.18. The molecule has 0 unspecified atom stereocenters. The number of rotatable bonds is 1. The van der Waals surface area contributed by atoms with Gasteiger partial charge in [-0.25, -0.2) is 0 Å². The Bertz CT molecular complexity index is 400. The normalized spacial score (nSPS) is 14.1. The predicted molar refractivity (Wildman–Crippen MR) is 59.3 cm³/mol. The van der Waals surface area contributed by atoms with Crippen molar-refractivity contribution >= 4 is 6.08 Å². The van der Waals surface area contributed by atoms with E-state index >= 15 is 0 Å². The van der Waals surface area contributed by atoms with Gasteiger partial charge in [0, 0.05) is 5.56 Å². The van der Waals surface area contributed by atoms with Crippen molar-refractivity contribution in [2.75, 3.05) is 0 Å². The van der Waals surface area contributed by atoms with Crippen LogP contribution in [0.4, 0.5) is 0 Å². The number of fused-ring (bicyclic) bond motifs is 1. The molecule has 1 heteroatoms. The number of allylic oxidation sites excluding steroid dienone is 1. The number of hydrogen-bond donors (Lipinski definition) is 0. The molecule has 1 aromatic carbocycles. The second-order valence-corrected chi connectivity index (χ2v) is 3.82. The summed E-state index contributed by atoms with van der Waals surface area (Å²) in [6, 6.07) is 6.15. The lowest BCUT2D eigenvalue weighted by molar-refractivity contribution is 0.441. The lowest BCUT2D eigenvalue weighted by atomic mass is 9.95. The molecule has 0 spiro atoms. The van der Waals surface area contributed by atoms with Crippen LogP contribution in [0.1, 0.15) is 30.9 Å². The monoisotopic (exact) mass is 186 g/mol. The minimum atomic E-state index is 0.518. The van der Waals surface area contributed by atoms with E-state index in [1.165, 1.54) is 11.1 Å². The first-order chi connectivity index (χ1) is 6.68. The van der Waals surface area contributed by atoms with Crippen LogP contribution in [0.25, 0.3) is 6.08 Å². The van der Waals surface area contributed by atoms with Crippen molar-refractivity contribution in [1.82, 2.24) is 0 Å². The zero-order valence-corrected chi connectivity index (χ0v) is 8.58. The number of hydrogen-bond acceptors (Lipinski definition) is 1. The van der Waals surface area contributed by atoms with E-state index in [4.69, 9.17) is 4.74 Å². The highest BCUT2D eigenvalue weighted by molar-refractivity contribution is 5.66. The van der Waals surface area contributed by atoms with Gasteiger partial charge in [0.25, 0.3) is 0 Å². The summed E-state index contributed by atoms with van der Waals surface area (Å²) < 4.78 is 5.54. The molecule has 0 saturated carbocycles. The summed E-state index contributed by atoms with van der Waals surface area (Å²) in [6.45, 7) is 8.15. The van der Waals surface area contributed by atoms with Crippen molar-refractivity contribution in [3.63, 3.8) is 0 Å². The van der Waals surface area contributed by atoms with Crippen molar-refractivity contribution < 1.29 is 4.74 Å². The predicted octanol–water partition coefficient (Wildman–Crippen LogP) is 3.73. The van der Waals surface area contributed by atoms with Crippen LogP contribution < -0.4 is 4.74 Å². The molecule has 2 rings (SSSR count). The maximum atomic E-state index is 5.54. The second kappa shape index (κ2) is 3.33. The third-order valence-electron chi connectivity index (χ3n) is 2.40. The topological polar surface area (TPSA) is 9.23 Å². The van der Waals surface area contributed by atoms with Gasteiger partial charge in [0.15, 0.2) is 0 Å². The molecule has 0 fully saturated rings. The summed E-state index contributed by atoms with van der Waals surface area (Å²) in [6.07, 6.45) is 3.99. The molecular formula is C13H14O. The van der Waals surface area contributed by atoms with E-state index in [1.54, 1.807) is 0 Å². The molecule has 0 amide bonds. The molecule has 1 nitrogen and oxygen atoms in total. The molecule has 14 heavy (non-hydrogen) atoms.